The van der Waals surface area contributed by atoms with E-state index in [9.17, 15) is 0 Å². The summed E-state index contributed by atoms with van der Waals surface area (Å²) in [6.07, 6.45) is 4.30. The number of hydrogen-bond acceptors (Lipinski definition) is 2. The zero-order valence-corrected chi connectivity index (χ0v) is 7.34. The maximum atomic E-state index is 3.41. The highest BCUT2D eigenvalue weighted by Gasteiger charge is 2.26. The molecule has 11 heavy (non-hydrogen) atoms. The van der Waals surface area contributed by atoms with E-state index in [2.05, 4.69) is 17.3 Å². The van der Waals surface area contributed by atoms with Crippen molar-refractivity contribution in [2.45, 2.75) is 25.3 Å². The highest BCUT2D eigenvalue weighted by molar-refractivity contribution is 4.83. The Morgan fingerprint density at radius 3 is 2.73 bits per heavy atom. The van der Waals surface area contributed by atoms with Gasteiger partial charge in [-0.1, -0.05) is 0 Å². The second-order valence-corrected chi connectivity index (χ2v) is 4.03. The van der Waals surface area contributed by atoms with E-state index in [1.807, 2.05) is 0 Å². The van der Waals surface area contributed by atoms with Crippen molar-refractivity contribution in [2.24, 2.45) is 5.92 Å². The number of rotatable bonds is 3. The molecule has 2 aliphatic rings. The summed E-state index contributed by atoms with van der Waals surface area (Å²) in [4.78, 5) is 2.54. The average molecular weight is 154 g/mol. The molecule has 1 atom stereocenters. The molecule has 1 aliphatic carbocycles. The molecule has 0 aromatic heterocycles. The van der Waals surface area contributed by atoms with E-state index < -0.39 is 0 Å². The van der Waals surface area contributed by atoms with Crippen molar-refractivity contribution in [3.8, 4) is 0 Å². The third kappa shape index (κ3) is 1.94. The van der Waals surface area contributed by atoms with Crippen LogP contribution in [0.5, 0.6) is 0 Å². The third-order valence-electron chi connectivity index (χ3n) is 2.90. The minimum atomic E-state index is 0.829. The molecule has 1 saturated carbocycles. The van der Waals surface area contributed by atoms with Crippen LogP contribution in [0.2, 0.25) is 0 Å². The van der Waals surface area contributed by atoms with Crippen molar-refractivity contribution in [3.63, 3.8) is 0 Å². The van der Waals surface area contributed by atoms with Gasteiger partial charge < -0.3 is 10.2 Å². The first-order chi connectivity index (χ1) is 5.36. The molecule has 2 nitrogen and oxygen atoms in total. The van der Waals surface area contributed by atoms with Gasteiger partial charge in [0.05, 0.1) is 0 Å². The number of nitrogens with one attached hydrogen (secondary N) is 1. The summed E-state index contributed by atoms with van der Waals surface area (Å²) >= 11 is 0. The molecule has 0 bridgehead atoms. The summed E-state index contributed by atoms with van der Waals surface area (Å²) < 4.78 is 0. The monoisotopic (exact) mass is 154 g/mol. The Morgan fingerprint density at radius 2 is 2.18 bits per heavy atom. The predicted octanol–water partition coefficient (Wildman–Crippen LogP) is 0.690. The van der Waals surface area contributed by atoms with E-state index in [4.69, 9.17) is 0 Å². The topological polar surface area (TPSA) is 15.3 Å². The molecule has 0 radical (unpaired) electrons. The number of hydrogen-bond donors (Lipinski definition) is 1. The zero-order chi connectivity index (χ0) is 7.68. The van der Waals surface area contributed by atoms with Gasteiger partial charge in [-0.05, 0) is 38.8 Å². The molecule has 0 spiro atoms. The van der Waals surface area contributed by atoms with Gasteiger partial charge in [0.25, 0.3) is 0 Å². The maximum Gasteiger partial charge on any atom is 0.0229 e. The summed E-state index contributed by atoms with van der Waals surface area (Å²) in [5.41, 5.74) is 0. The van der Waals surface area contributed by atoms with Crippen LogP contribution in [0.1, 0.15) is 19.3 Å². The second-order valence-electron chi connectivity index (χ2n) is 4.03. The highest BCUT2D eigenvalue weighted by atomic mass is 15.2. The molecule has 0 aromatic rings. The van der Waals surface area contributed by atoms with Crippen molar-refractivity contribution in [1.82, 2.24) is 10.2 Å². The van der Waals surface area contributed by atoms with E-state index in [1.165, 1.54) is 38.9 Å². The predicted molar refractivity (Wildman–Crippen MR) is 46.6 cm³/mol. The van der Waals surface area contributed by atoms with Crippen molar-refractivity contribution in [3.05, 3.63) is 0 Å². The lowest BCUT2D eigenvalue weighted by molar-refractivity contribution is 0.247. The van der Waals surface area contributed by atoms with E-state index in [1.54, 1.807) is 0 Å². The van der Waals surface area contributed by atoms with Gasteiger partial charge in [-0.15, -0.1) is 0 Å². The number of likely N-dealkylation sites (N-methyl/N-ethyl adjacent to an activating group) is 1. The van der Waals surface area contributed by atoms with E-state index in [-0.39, 0.29) is 0 Å². The Morgan fingerprint density at radius 1 is 1.36 bits per heavy atom. The van der Waals surface area contributed by atoms with Gasteiger partial charge in [-0.2, -0.15) is 0 Å². The first-order valence-corrected chi connectivity index (χ1v) is 4.77. The first-order valence-electron chi connectivity index (χ1n) is 4.77. The summed E-state index contributed by atoms with van der Waals surface area (Å²) in [6, 6.07) is 0.829. The second kappa shape index (κ2) is 3.11. The molecule has 1 aliphatic heterocycles. The summed E-state index contributed by atoms with van der Waals surface area (Å²) in [5.74, 6) is 1.04. The lowest BCUT2D eigenvalue weighted by Crippen LogP contribution is -2.34. The minimum absolute atomic E-state index is 0.829. The fraction of sp³-hybridized carbons (Fsp3) is 1.00. The van der Waals surface area contributed by atoms with Crippen LogP contribution in [0.25, 0.3) is 0 Å². The molecule has 0 aromatic carbocycles. The molecule has 1 heterocycles. The SMILES string of the molecule is CN(CC1CC1)[C@@H]1CCNC1. The van der Waals surface area contributed by atoms with Crippen LogP contribution in [0.4, 0.5) is 0 Å². The molecule has 1 saturated heterocycles. The van der Waals surface area contributed by atoms with Crippen LogP contribution >= 0.6 is 0 Å². The van der Waals surface area contributed by atoms with Gasteiger partial charge >= 0.3 is 0 Å². The van der Waals surface area contributed by atoms with Gasteiger partial charge in [0.2, 0.25) is 0 Å². The van der Waals surface area contributed by atoms with E-state index in [0.717, 1.165) is 12.0 Å². The quantitative estimate of drug-likeness (QED) is 0.643. The lowest BCUT2D eigenvalue weighted by Gasteiger charge is -2.22. The van der Waals surface area contributed by atoms with Crippen LogP contribution in [0.3, 0.4) is 0 Å². The average Bonchev–Trinajstić information content (AvgIpc) is 2.67. The molecule has 2 fully saturated rings. The third-order valence-corrected chi connectivity index (χ3v) is 2.90. The van der Waals surface area contributed by atoms with Crippen molar-refractivity contribution in [1.29, 1.82) is 0 Å². The van der Waals surface area contributed by atoms with Crippen LogP contribution in [0, 0.1) is 5.92 Å². The molecular formula is C9H18N2. The van der Waals surface area contributed by atoms with Gasteiger partial charge in [-0.25, -0.2) is 0 Å². The van der Waals surface area contributed by atoms with Gasteiger partial charge in [0.15, 0.2) is 0 Å². The van der Waals surface area contributed by atoms with Gasteiger partial charge in [0.1, 0.15) is 0 Å². The molecule has 2 heteroatoms. The van der Waals surface area contributed by atoms with Crippen LogP contribution in [0.15, 0.2) is 0 Å². The highest BCUT2D eigenvalue weighted by Crippen LogP contribution is 2.30. The molecule has 2 rings (SSSR count). The Kier molecular flexibility index (Phi) is 2.14. The van der Waals surface area contributed by atoms with Crippen LogP contribution < -0.4 is 5.32 Å². The summed E-state index contributed by atoms with van der Waals surface area (Å²) in [5, 5.41) is 3.41. The number of nitrogens with zero attached hydrogens (tertiary/aromatic N) is 1. The molecule has 64 valence electrons. The Balaban J connectivity index is 1.73. The van der Waals surface area contributed by atoms with Crippen molar-refractivity contribution >= 4 is 0 Å². The normalized spacial score (nSPS) is 31.6. The standard InChI is InChI=1S/C9H18N2/c1-11(7-8-2-3-8)9-4-5-10-6-9/h8-10H,2-7H2,1H3/t9-/m1/s1. The Bertz CT molecular complexity index is 126. The van der Waals surface area contributed by atoms with Crippen LogP contribution in [-0.2, 0) is 0 Å². The smallest absolute Gasteiger partial charge is 0.0229 e. The van der Waals surface area contributed by atoms with Crippen LogP contribution in [-0.4, -0.2) is 37.6 Å². The molecular weight excluding hydrogens is 136 g/mol. The van der Waals surface area contributed by atoms with Gasteiger partial charge in [-0.3, -0.25) is 0 Å². The zero-order valence-electron chi connectivity index (χ0n) is 7.34. The molecule has 0 amide bonds. The van der Waals surface area contributed by atoms with Crippen molar-refractivity contribution in [2.75, 3.05) is 26.7 Å². The minimum Gasteiger partial charge on any atom is -0.315 e. The van der Waals surface area contributed by atoms with Crippen molar-refractivity contribution < 1.29 is 0 Å². The lowest BCUT2D eigenvalue weighted by atomic mass is 10.2. The first kappa shape index (κ1) is 7.56. The Labute approximate surface area is 69.0 Å². The maximum absolute atomic E-state index is 3.41. The largest absolute Gasteiger partial charge is 0.315 e. The molecule has 0 unspecified atom stereocenters. The fourth-order valence-corrected chi connectivity index (χ4v) is 1.87. The fourth-order valence-electron chi connectivity index (χ4n) is 1.87. The van der Waals surface area contributed by atoms with E-state index in [0.29, 0.717) is 0 Å². The Hall–Kier alpha value is -0.0800. The molecule has 1 N–H and O–H groups in total. The van der Waals surface area contributed by atoms with Gasteiger partial charge in [0, 0.05) is 19.1 Å². The summed E-state index contributed by atoms with van der Waals surface area (Å²) in [6.45, 7) is 3.77. The summed E-state index contributed by atoms with van der Waals surface area (Å²) in [7, 11) is 2.27. The van der Waals surface area contributed by atoms with E-state index >= 15 is 0 Å².